The fraction of sp³-hybridized carbons (Fsp3) is 0.294. The molecular formula is C85H98N4+4. The molecule has 0 aliphatic rings. The van der Waals surface area contributed by atoms with Crippen molar-refractivity contribution in [3.8, 4) is 45.0 Å². The third-order valence-corrected chi connectivity index (χ3v) is 17.6. The van der Waals surface area contributed by atoms with Crippen molar-refractivity contribution in [3.63, 3.8) is 0 Å². The van der Waals surface area contributed by atoms with E-state index in [9.17, 15) is 0 Å². The van der Waals surface area contributed by atoms with Crippen molar-refractivity contribution >= 4 is 43.1 Å². The van der Waals surface area contributed by atoms with Gasteiger partial charge in [-0.1, -0.05) is 143 Å². The van der Waals surface area contributed by atoms with Crippen LogP contribution in [0.2, 0.25) is 0 Å². The molecule has 0 saturated heterocycles. The lowest BCUT2D eigenvalue weighted by molar-refractivity contribution is -0.659. The Morgan fingerprint density at radius 1 is 0.315 bits per heavy atom. The van der Waals surface area contributed by atoms with Crippen LogP contribution in [0.25, 0.3) is 88.1 Å². The minimum atomic E-state index is -2.45. The summed E-state index contributed by atoms with van der Waals surface area (Å²) in [5.74, 6) is -1.84. The van der Waals surface area contributed by atoms with E-state index in [0.29, 0.717) is 33.7 Å². The minimum absolute atomic E-state index is 0.326. The fourth-order valence-corrected chi connectivity index (χ4v) is 12.3. The summed E-state index contributed by atoms with van der Waals surface area (Å²) in [7, 11) is 8.02. The van der Waals surface area contributed by atoms with Crippen LogP contribution in [0.5, 0.6) is 0 Å². The first-order valence-corrected chi connectivity index (χ1v) is 30.8. The molecule has 0 N–H and O–H groups in total. The molecule has 12 rings (SSSR count). The average Bonchev–Trinajstić information content (AvgIpc) is 0.781. The second-order valence-electron chi connectivity index (χ2n) is 25.1. The fourth-order valence-electron chi connectivity index (χ4n) is 12.3. The molecule has 0 aliphatic carbocycles. The number of benzene rings is 8. The maximum atomic E-state index is 8.38. The molecule has 0 spiro atoms. The summed E-state index contributed by atoms with van der Waals surface area (Å²) < 4.78 is 119. The maximum Gasteiger partial charge on any atom is 0.220 e. The molecule has 4 aromatic heterocycles. The molecule has 0 bridgehead atoms. The lowest BCUT2D eigenvalue weighted by atomic mass is 9.93. The first-order chi connectivity index (χ1) is 47.7. The Morgan fingerprint density at radius 2 is 0.618 bits per heavy atom. The highest BCUT2D eigenvalue weighted by atomic mass is 14.9. The van der Waals surface area contributed by atoms with Crippen LogP contribution in [0.15, 0.2) is 176 Å². The molecule has 1 atom stereocenters. The van der Waals surface area contributed by atoms with Gasteiger partial charge in [0.25, 0.3) is 0 Å². The summed E-state index contributed by atoms with van der Waals surface area (Å²) in [5.41, 5.74) is 21.3. The second-order valence-corrected chi connectivity index (χ2v) is 25.1. The van der Waals surface area contributed by atoms with Gasteiger partial charge in [-0.25, -0.2) is 18.3 Å². The van der Waals surface area contributed by atoms with E-state index < -0.39 is 39.2 Å². The largest absolute Gasteiger partial charge is 0.220 e. The zero-order valence-electron chi connectivity index (χ0n) is 69.6. The van der Waals surface area contributed by atoms with E-state index >= 15 is 0 Å². The van der Waals surface area contributed by atoms with Crippen molar-refractivity contribution in [1.29, 1.82) is 0 Å². The minimum Gasteiger partial charge on any atom is -0.200 e. The quantitative estimate of drug-likeness (QED) is 0.141. The topological polar surface area (TPSA) is 15.5 Å². The average molecular weight is 1190 g/mol. The van der Waals surface area contributed by atoms with Crippen LogP contribution in [0, 0.1) is 82.9 Å². The molecule has 4 heterocycles. The van der Waals surface area contributed by atoms with Crippen LogP contribution >= 0.6 is 0 Å². The van der Waals surface area contributed by atoms with E-state index in [1.54, 1.807) is 30.3 Å². The zero-order valence-corrected chi connectivity index (χ0v) is 55.6. The van der Waals surface area contributed by atoms with E-state index in [-0.39, 0.29) is 0 Å². The van der Waals surface area contributed by atoms with Crippen molar-refractivity contribution < 1.29 is 37.5 Å². The van der Waals surface area contributed by atoms with Crippen LogP contribution in [0.3, 0.4) is 0 Å². The van der Waals surface area contributed by atoms with E-state index in [2.05, 4.69) is 130 Å². The molecule has 0 radical (unpaired) electrons. The van der Waals surface area contributed by atoms with Crippen molar-refractivity contribution in [2.45, 2.75) is 142 Å². The van der Waals surface area contributed by atoms with Gasteiger partial charge in [-0.15, -0.1) is 0 Å². The lowest BCUT2D eigenvalue weighted by Gasteiger charge is -2.12. The number of fused-ring (bicyclic) bond motifs is 4. The Bertz CT molecular complexity index is 5240. The highest BCUT2D eigenvalue weighted by Gasteiger charge is 2.23. The van der Waals surface area contributed by atoms with Crippen LogP contribution < -0.4 is 18.3 Å². The Hall–Kier alpha value is -8.60. The first-order valence-electron chi connectivity index (χ1n) is 37.8. The summed E-state index contributed by atoms with van der Waals surface area (Å²) >= 11 is 0. The molecule has 0 fully saturated rings. The number of pyridine rings is 4. The Balaban J connectivity index is 0.000000160. The number of hydrogen-bond donors (Lipinski definition) is 0. The van der Waals surface area contributed by atoms with E-state index in [4.69, 9.17) is 19.2 Å². The van der Waals surface area contributed by atoms with Gasteiger partial charge in [0.1, 0.15) is 28.2 Å². The van der Waals surface area contributed by atoms with Gasteiger partial charge in [0.05, 0.1) is 43.8 Å². The molecule has 12 aromatic rings. The number of aromatic nitrogens is 4. The van der Waals surface area contributed by atoms with Crippen molar-refractivity contribution in [2.75, 3.05) is 0 Å². The van der Waals surface area contributed by atoms with Crippen molar-refractivity contribution in [2.24, 2.45) is 28.2 Å². The Kier molecular flexibility index (Phi) is 14.7. The molecule has 8 aromatic carbocycles. The smallest absolute Gasteiger partial charge is 0.200 e. The van der Waals surface area contributed by atoms with Gasteiger partial charge in [0, 0.05) is 43.5 Å². The molecule has 4 nitrogen and oxygen atoms in total. The van der Waals surface area contributed by atoms with E-state index in [0.717, 1.165) is 99.5 Å². The monoisotopic (exact) mass is 1190 g/mol. The number of rotatable bonds is 7. The molecule has 0 saturated carbocycles. The summed E-state index contributed by atoms with van der Waals surface area (Å²) in [6.45, 7) is 18.7. The van der Waals surface area contributed by atoms with E-state index in [1.165, 1.54) is 51.2 Å². The molecule has 1 unspecified atom stereocenters. The maximum absolute atomic E-state index is 8.38. The standard InChI is InChI=1S/3C22H26N.C19H20N/c3*1-14(2)18-7-8-20-19(13-18)9-10-23(6)22(20)21-12-15(3)11-16(4)17(21)5;1-13-11-14(2)15(3)18(12-13)19-17-8-6-5-7-16(17)9-10-20(19)4/h3*7-14H,1-6H3;5-12H,1-4H3/q4*+1/i1D3,4D3,14D;4D3,14D;;2D3. The summed E-state index contributed by atoms with van der Waals surface area (Å²) in [6, 6.07) is 50.6. The molecule has 0 amide bonds. The third-order valence-electron chi connectivity index (χ3n) is 17.6. The van der Waals surface area contributed by atoms with Crippen LogP contribution in [0.4, 0.5) is 0 Å². The van der Waals surface area contributed by atoms with Crippen LogP contribution in [-0.2, 0) is 28.2 Å². The molecule has 4 heteroatoms. The van der Waals surface area contributed by atoms with Crippen molar-refractivity contribution in [3.05, 3.63) is 260 Å². The van der Waals surface area contributed by atoms with Crippen LogP contribution in [-0.4, -0.2) is 0 Å². The Labute approximate surface area is 553 Å². The molecule has 454 valence electrons. The number of hydrogen-bond acceptors (Lipinski definition) is 0. The first kappa shape index (κ1) is 48.3. The summed E-state index contributed by atoms with van der Waals surface area (Å²) in [5, 5.41) is 8.71. The van der Waals surface area contributed by atoms with Gasteiger partial charge in [-0.2, -0.15) is 0 Å². The predicted molar refractivity (Wildman–Crippen MR) is 381 cm³/mol. The lowest BCUT2D eigenvalue weighted by Crippen LogP contribution is -2.30. The predicted octanol–water partition coefficient (Wildman–Crippen LogP) is 20.4. The summed E-state index contributed by atoms with van der Waals surface area (Å²) in [6.07, 6.45) is 8.07. The van der Waals surface area contributed by atoms with Gasteiger partial charge in [0.2, 0.25) is 22.8 Å². The van der Waals surface area contributed by atoms with E-state index in [1.807, 2.05) is 153 Å². The van der Waals surface area contributed by atoms with Gasteiger partial charge >= 0.3 is 0 Å². The van der Waals surface area contributed by atoms with Gasteiger partial charge in [-0.05, 0) is 232 Å². The summed E-state index contributed by atoms with van der Waals surface area (Å²) in [4.78, 5) is 0. The number of aryl methyl sites for hydroxylation is 12. The second kappa shape index (κ2) is 27.0. The van der Waals surface area contributed by atoms with Gasteiger partial charge < -0.3 is 0 Å². The molecular weight excluding hydrogens is 1080 g/mol. The highest BCUT2D eigenvalue weighted by Crippen LogP contribution is 2.36. The highest BCUT2D eigenvalue weighted by molar-refractivity contribution is 5.97. The van der Waals surface area contributed by atoms with Gasteiger partial charge in [-0.3, -0.25) is 0 Å². The van der Waals surface area contributed by atoms with Crippen molar-refractivity contribution in [1.82, 2.24) is 0 Å². The van der Waals surface area contributed by atoms with Crippen LogP contribution in [0.1, 0.15) is 162 Å². The number of nitrogens with zero attached hydrogens (tertiary/aromatic N) is 4. The SMILES string of the molecule is Cc1cc(C)c(C)c(-c2c3ccc(C(C)C)cc3cc[n+]2C)c1.[2H]C([2H])([2H])c1cc(C)cc(-c2c3ccc(C([2H])(C)C([2H])([2H])[2H])cc3cc[n+]2C)c1C.[2H]C([2H])([2H])c1cc(C)cc(-c2c3ccc(C([2H])(C)C)cc3cc[n+]2C)c1C.[2H]C([2H])([2H])c1cc(C)cc(-c2c3ccccc3cc[n+]2C)c1C. The Morgan fingerprint density at radius 3 is 0.966 bits per heavy atom. The van der Waals surface area contributed by atoms with Gasteiger partial charge in [0.15, 0.2) is 24.8 Å². The normalized spacial score (nSPS) is 15.0. The molecule has 89 heavy (non-hydrogen) atoms. The molecule has 0 aliphatic heterocycles. The zero-order chi connectivity index (χ0) is 76.3. The third kappa shape index (κ3) is 13.8.